The number of aromatic nitrogens is 2. The van der Waals surface area contributed by atoms with Crippen molar-refractivity contribution in [1.82, 2.24) is 9.97 Å². The van der Waals surface area contributed by atoms with Crippen LogP contribution in [0.4, 0.5) is 11.5 Å². The Morgan fingerprint density at radius 3 is 2.75 bits per heavy atom. The molecule has 0 fully saturated rings. The third-order valence-corrected chi connectivity index (χ3v) is 2.58. The zero-order valence-electron chi connectivity index (χ0n) is 11.2. The Kier molecular flexibility index (Phi) is 4.11. The fourth-order valence-electron chi connectivity index (χ4n) is 1.64. The molecule has 0 aliphatic carbocycles. The minimum atomic E-state index is -0.176. The SMILES string of the molecule is CC(=O)Nc1ccccc1Oc1ncnc(NN)c1C. The van der Waals surface area contributed by atoms with Crippen LogP contribution in [0, 0.1) is 6.92 Å². The van der Waals surface area contributed by atoms with Crippen molar-refractivity contribution in [2.45, 2.75) is 13.8 Å². The number of benzene rings is 1. The molecule has 7 nitrogen and oxygen atoms in total. The third-order valence-electron chi connectivity index (χ3n) is 2.58. The zero-order valence-corrected chi connectivity index (χ0v) is 11.2. The van der Waals surface area contributed by atoms with Crippen molar-refractivity contribution >= 4 is 17.4 Å². The Hall–Kier alpha value is -2.67. The van der Waals surface area contributed by atoms with E-state index in [0.717, 1.165) is 0 Å². The summed E-state index contributed by atoms with van der Waals surface area (Å²) in [6.07, 6.45) is 1.35. The third kappa shape index (κ3) is 3.01. The molecule has 0 aliphatic heterocycles. The second-order valence-electron chi connectivity index (χ2n) is 4.08. The Balaban J connectivity index is 2.33. The number of rotatable bonds is 4. The average molecular weight is 273 g/mol. The largest absolute Gasteiger partial charge is 0.436 e. The normalized spacial score (nSPS) is 9.95. The molecule has 1 aromatic heterocycles. The highest BCUT2D eigenvalue weighted by Crippen LogP contribution is 2.31. The second-order valence-corrected chi connectivity index (χ2v) is 4.08. The molecule has 1 aromatic carbocycles. The number of ether oxygens (including phenoxy) is 1. The van der Waals surface area contributed by atoms with E-state index in [0.29, 0.717) is 28.7 Å². The first-order valence-corrected chi connectivity index (χ1v) is 5.94. The maximum atomic E-state index is 11.2. The molecule has 2 aromatic rings. The van der Waals surface area contributed by atoms with Gasteiger partial charge >= 0.3 is 0 Å². The highest BCUT2D eigenvalue weighted by molar-refractivity contribution is 5.90. The molecule has 1 heterocycles. The lowest BCUT2D eigenvalue weighted by Gasteiger charge is -2.13. The second kappa shape index (κ2) is 5.98. The van der Waals surface area contributed by atoms with E-state index in [9.17, 15) is 4.79 Å². The van der Waals surface area contributed by atoms with Crippen molar-refractivity contribution in [1.29, 1.82) is 0 Å². The van der Waals surface area contributed by atoms with Gasteiger partial charge in [0.25, 0.3) is 0 Å². The summed E-state index contributed by atoms with van der Waals surface area (Å²) in [6.45, 7) is 3.22. The first-order chi connectivity index (χ1) is 9.61. The lowest BCUT2D eigenvalue weighted by molar-refractivity contribution is -0.114. The van der Waals surface area contributed by atoms with Gasteiger partial charge in [0.1, 0.15) is 12.1 Å². The highest BCUT2D eigenvalue weighted by atomic mass is 16.5. The van der Waals surface area contributed by atoms with Gasteiger partial charge in [-0.1, -0.05) is 12.1 Å². The fraction of sp³-hybridized carbons (Fsp3) is 0.154. The van der Waals surface area contributed by atoms with Gasteiger partial charge in [-0.15, -0.1) is 0 Å². The minimum Gasteiger partial charge on any atom is -0.436 e. The Morgan fingerprint density at radius 1 is 1.30 bits per heavy atom. The van der Waals surface area contributed by atoms with E-state index in [1.807, 2.05) is 0 Å². The van der Waals surface area contributed by atoms with E-state index in [4.69, 9.17) is 10.6 Å². The molecule has 0 radical (unpaired) electrons. The highest BCUT2D eigenvalue weighted by Gasteiger charge is 2.11. The molecule has 2 rings (SSSR count). The van der Waals surface area contributed by atoms with Gasteiger partial charge in [0.2, 0.25) is 11.8 Å². The molecular formula is C13H15N5O2. The van der Waals surface area contributed by atoms with E-state index >= 15 is 0 Å². The van der Waals surface area contributed by atoms with Gasteiger partial charge in [0.05, 0.1) is 11.3 Å². The standard InChI is InChI=1S/C13H15N5O2/c1-8-12(18-14)15-7-16-13(8)20-11-6-4-3-5-10(11)17-9(2)19/h3-7H,14H2,1-2H3,(H,17,19)(H,15,16,18). The molecule has 0 atom stereocenters. The monoisotopic (exact) mass is 273 g/mol. The summed E-state index contributed by atoms with van der Waals surface area (Å²) in [6, 6.07) is 7.09. The number of hydrogen-bond acceptors (Lipinski definition) is 6. The summed E-state index contributed by atoms with van der Waals surface area (Å²) >= 11 is 0. The number of anilines is 2. The lowest BCUT2D eigenvalue weighted by Crippen LogP contribution is -2.11. The Morgan fingerprint density at radius 2 is 2.05 bits per heavy atom. The number of nitrogens with zero attached hydrogens (tertiary/aromatic N) is 2. The molecule has 0 aliphatic rings. The van der Waals surface area contributed by atoms with E-state index < -0.39 is 0 Å². The first-order valence-electron chi connectivity index (χ1n) is 5.94. The van der Waals surface area contributed by atoms with E-state index in [2.05, 4.69) is 20.7 Å². The first kappa shape index (κ1) is 13.8. The number of hydrogen-bond donors (Lipinski definition) is 3. The van der Waals surface area contributed by atoms with Crippen molar-refractivity contribution in [3.05, 3.63) is 36.2 Å². The summed E-state index contributed by atoms with van der Waals surface area (Å²) in [5.74, 6) is 6.52. The predicted octanol–water partition coefficient (Wildman–Crippen LogP) is 1.82. The predicted molar refractivity (Wildman–Crippen MR) is 75.4 cm³/mol. The van der Waals surface area contributed by atoms with Crippen molar-refractivity contribution in [2.75, 3.05) is 10.7 Å². The lowest BCUT2D eigenvalue weighted by atomic mass is 10.3. The van der Waals surface area contributed by atoms with Crippen LogP contribution in [-0.2, 0) is 4.79 Å². The Bertz CT molecular complexity index is 630. The van der Waals surface area contributed by atoms with Crippen LogP contribution >= 0.6 is 0 Å². The van der Waals surface area contributed by atoms with Gasteiger partial charge in [0, 0.05) is 6.92 Å². The van der Waals surface area contributed by atoms with Crippen molar-refractivity contribution < 1.29 is 9.53 Å². The number of nitrogens with two attached hydrogens (primary N) is 1. The van der Waals surface area contributed by atoms with Crippen molar-refractivity contribution in [3.63, 3.8) is 0 Å². The maximum absolute atomic E-state index is 11.2. The van der Waals surface area contributed by atoms with Gasteiger partial charge in [0.15, 0.2) is 5.75 Å². The summed E-state index contributed by atoms with van der Waals surface area (Å²) in [5, 5.41) is 2.69. The quantitative estimate of drug-likeness (QED) is 0.580. The molecule has 0 spiro atoms. The van der Waals surface area contributed by atoms with Crippen LogP contribution in [-0.4, -0.2) is 15.9 Å². The van der Waals surface area contributed by atoms with Crippen molar-refractivity contribution in [3.8, 4) is 11.6 Å². The van der Waals surface area contributed by atoms with Gasteiger partial charge in [-0.2, -0.15) is 0 Å². The molecule has 1 amide bonds. The van der Waals surface area contributed by atoms with E-state index in [1.54, 1.807) is 31.2 Å². The minimum absolute atomic E-state index is 0.176. The number of hydrazine groups is 1. The van der Waals surface area contributed by atoms with Crippen LogP contribution in [0.5, 0.6) is 11.6 Å². The number of carbonyl (C=O) groups is 1. The molecule has 0 bridgehead atoms. The van der Waals surface area contributed by atoms with Crippen LogP contribution in [0.15, 0.2) is 30.6 Å². The molecule has 0 unspecified atom stereocenters. The number of nitrogens with one attached hydrogen (secondary N) is 2. The zero-order chi connectivity index (χ0) is 14.5. The molecule has 0 saturated heterocycles. The molecule has 104 valence electrons. The molecule has 20 heavy (non-hydrogen) atoms. The molecule has 4 N–H and O–H groups in total. The van der Waals surface area contributed by atoms with Gasteiger partial charge in [-0.25, -0.2) is 15.8 Å². The van der Waals surface area contributed by atoms with E-state index in [-0.39, 0.29) is 5.91 Å². The molecular weight excluding hydrogens is 258 g/mol. The smallest absolute Gasteiger partial charge is 0.227 e. The topological polar surface area (TPSA) is 102 Å². The summed E-state index contributed by atoms with van der Waals surface area (Å²) in [7, 11) is 0. The van der Waals surface area contributed by atoms with Crippen LogP contribution in [0.3, 0.4) is 0 Å². The van der Waals surface area contributed by atoms with Gasteiger partial charge in [-0.3, -0.25) is 4.79 Å². The van der Waals surface area contributed by atoms with E-state index in [1.165, 1.54) is 13.3 Å². The van der Waals surface area contributed by atoms with Gasteiger partial charge < -0.3 is 15.5 Å². The maximum Gasteiger partial charge on any atom is 0.227 e. The number of para-hydroxylation sites is 2. The average Bonchev–Trinajstić information content (AvgIpc) is 2.42. The van der Waals surface area contributed by atoms with Crippen LogP contribution in [0.25, 0.3) is 0 Å². The van der Waals surface area contributed by atoms with Crippen LogP contribution in [0.2, 0.25) is 0 Å². The fourth-order valence-corrected chi connectivity index (χ4v) is 1.64. The van der Waals surface area contributed by atoms with Crippen LogP contribution in [0.1, 0.15) is 12.5 Å². The summed E-state index contributed by atoms with van der Waals surface area (Å²) in [5.41, 5.74) is 3.71. The Labute approximate surface area is 116 Å². The number of amides is 1. The van der Waals surface area contributed by atoms with Gasteiger partial charge in [-0.05, 0) is 19.1 Å². The number of nitrogen functional groups attached to an aromatic ring is 1. The van der Waals surface area contributed by atoms with Crippen molar-refractivity contribution in [2.24, 2.45) is 5.84 Å². The number of carbonyl (C=O) groups excluding carboxylic acids is 1. The molecule has 7 heteroatoms. The molecule has 0 saturated carbocycles. The summed E-state index contributed by atoms with van der Waals surface area (Å²) < 4.78 is 5.72. The van der Waals surface area contributed by atoms with Crippen LogP contribution < -0.4 is 21.3 Å². The summed E-state index contributed by atoms with van der Waals surface area (Å²) in [4.78, 5) is 19.2.